The number of carbonyl (C=O) groups is 1. The van der Waals surface area contributed by atoms with Crippen molar-refractivity contribution in [2.45, 2.75) is 45.7 Å². The zero-order valence-electron chi connectivity index (χ0n) is 10.6. The number of nitrogens with one attached hydrogen (secondary N) is 1. The number of halogens is 1. The number of amides is 1. The second kappa shape index (κ2) is 6.67. The quantitative estimate of drug-likeness (QED) is 0.855. The van der Waals surface area contributed by atoms with E-state index >= 15 is 0 Å². The van der Waals surface area contributed by atoms with Gasteiger partial charge in [-0.3, -0.25) is 4.79 Å². The molecule has 5 heteroatoms. The van der Waals surface area contributed by atoms with E-state index in [1.165, 1.54) is 6.26 Å². The van der Waals surface area contributed by atoms with E-state index < -0.39 is 0 Å². The number of carbonyl (C=O) groups excluding carboxylic acids is 1. The summed E-state index contributed by atoms with van der Waals surface area (Å²) in [6, 6.07) is 1.68. The van der Waals surface area contributed by atoms with Crippen LogP contribution in [0.3, 0.4) is 0 Å². The van der Waals surface area contributed by atoms with Gasteiger partial charge in [0.15, 0.2) is 0 Å². The maximum Gasteiger partial charge on any atom is 0.254 e. The van der Waals surface area contributed by atoms with Crippen LogP contribution < -0.4 is 11.1 Å². The summed E-state index contributed by atoms with van der Waals surface area (Å²) in [6.45, 7) is 6.43. The van der Waals surface area contributed by atoms with Gasteiger partial charge in [0.2, 0.25) is 0 Å². The maximum absolute atomic E-state index is 11.9. The average Bonchev–Trinajstić information content (AvgIpc) is 2.64. The van der Waals surface area contributed by atoms with Crippen LogP contribution in [0.2, 0.25) is 0 Å². The van der Waals surface area contributed by atoms with Gasteiger partial charge in [-0.05, 0) is 26.3 Å². The van der Waals surface area contributed by atoms with Crippen LogP contribution in [0, 0.1) is 0 Å². The van der Waals surface area contributed by atoms with Gasteiger partial charge < -0.3 is 15.5 Å². The molecule has 0 aliphatic heterocycles. The van der Waals surface area contributed by atoms with Crippen molar-refractivity contribution in [2.75, 3.05) is 0 Å². The molecule has 1 aromatic heterocycles. The Kier molecular flexibility index (Phi) is 6.27. The van der Waals surface area contributed by atoms with Crippen molar-refractivity contribution in [1.29, 1.82) is 0 Å². The van der Waals surface area contributed by atoms with Gasteiger partial charge in [-0.1, -0.05) is 13.3 Å². The molecular weight excluding hydrogens is 240 g/mol. The van der Waals surface area contributed by atoms with Gasteiger partial charge in [0.25, 0.3) is 5.91 Å². The molecule has 0 aromatic carbocycles. The highest BCUT2D eigenvalue weighted by atomic mass is 35.5. The first kappa shape index (κ1) is 16.0. The lowest BCUT2D eigenvalue weighted by atomic mass is 9.98. The highest BCUT2D eigenvalue weighted by molar-refractivity contribution is 5.94. The van der Waals surface area contributed by atoms with Crippen molar-refractivity contribution in [2.24, 2.45) is 5.73 Å². The maximum atomic E-state index is 11.9. The van der Waals surface area contributed by atoms with Gasteiger partial charge in [-0.2, -0.15) is 0 Å². The molecule has 0 bridgehead atoms. The Morgan fingerprint density at radius 1 is 1.53 bits per heavy atom. The fourth-order valence-electron chi connectivity index (χ4n) is 1.67. The van der Waals surface area contributed by atoms with Crippen molar-refractivity contribution >= 4 is 18.3 Å². The smallest absolute Gasteiger partial charge is 0.254 e. The molecule has 98 valence electrons. The van der Waals surface area contributed by atoms with Gasteiger partial charge in [0.1, 0.15) is 12.0 Å². The lowest BCUT2D eigenvalue weighted by molar-refractivity contribution is 0.0908. The van der Waals surface area contributed by atoms with E-state index in [1.54, 1.807) is 6.07 Å². The van der Waals surface area contributed by atoms with Crippen LogP contribution >= 0.6 is 12.4 Å². The van der Waals surface area contributed by atoms with Gasteiger partial charge in [0, 0.05) is 5.54 Å². The van der Waals surface area contributed by atoms with Gasteiger partial charge in [-0.15, -0.1) is 12.4 Å². The highest BCUT2D eigenvalue weighted by Crippen LogP contribution is 2.13. The molecule has 1 amide bonds. The van der Waals surface area contributed by atoms with E-state index in [0.717, 1.165) is 12.8 Å². The van der Waals surface area contributed by atoms with Crippen LogP contribution in [0.4, 0.5) is 0 Å². The fraction of sp³-hybridized carbons (Fsp3) is 0.583. The molecule has 0 atom stereocenters. The molecule has 0 radical (unpaired) electrons. The molecule has 3 N–H and O–H groups in total. The molecule has 1 aromatic rings. The molecule has 0 unspecified atom stereocenters. The second-order valence-electron chi connectivity index (χ2n) is 4.59. The Hall–Kier alpha value is -1.00. The van der Waals surface area contributed by atoms with Crippen LogP contribution in [0.5, 0.6) is 0 Å². The number of nitrogens with two attached hydrogens (primary N) is 1. The van der Waals surface area contributed by atoms with Gasteiger partial charge in [0.05, 0.1) is 12.1 Å². The molecule has 0 aliphatic carbocycles. The van der Waals surface area contributed by atoms with E-state index in [0.29, 0.717) is 17.9 Å². The Morgan fingerprint density at radius 3 is 2.65 bits per heavy atom. The summed E-state index contributed by atoms with van der Waals surface area (Å²) in [5.41, 5.74) is 5.76. The molecule has 1 heterocycles. The van der Waals surface area contributed by atoms with Crippen molar-refractivity contribution < 1.29 is 9.21 Å². The van der Waals surface area contributed by atoms with E-state index in [-0.39, 0.29) is 23.9 Å². The third kappa shape index (κ3) is 4.79. The third-order valence-electron chi connectivity index (χ3n) is 2.44. The minimum absolute atomic E-state index is 0. The van der Waals surface area contributed by atoms with E-state index in [9.17, 15) is 4.79 Å². The second-order valence-corrected chi connectivity index (χ2v) is 4.59. The Labute approximate surface area is 108 Å². The number of furan rings is 1. The van der Waals surface area contributed by atoms with Crippen molar-refractivity contribution in [3.63, 3.8) is 0 Å². The first-order chi connectivity index (χ1) is 7.48. The van der Waals surface area contributed by atoms with Crippen LogP contribution in [-0.4, -0.2) is 11.4 Å². The number of hydrogen-bond acceptors (Lipinski definition) is 3. The van der Waals surface area contributed by atoms with Crippen molar-refractivity contribution in [3.8, 4) is 0 Å². The lowest BCUT2D eigenvalue weighted by Crippen LogP contribution is -2.43. The normalized spacial score (nSPS) is 10.8. The van der Waals surface area contributed by atoms with Crippen LogP contribution in [0.25, 0.3) is 0 Å². The first-order valence-electron chi connectivity index (χ1n) is 5.58. The average molecular weight is 261 g/mol. The molecule has 0 spiro atoms. The van der Waals surface area contributed by atoms with Crippen LogP contribution in [-0.2, 0) is 6.54 Å². The minimum Gasteiger partial charge on any atom is -0.467 e. The summed E-state index contributed by atoms with van der Waals surface area (Å²) in [5, 5.41) is 2.97. The van der Waals surface area contributed by atoms with E-state index in [2.05, 4.69) is 12.2 Å². The molecule has 1 rings (SSSR count). The predicted octanol–water partition coefficient (Wildman–Crippen LogP) is 2.47. The Bertz CT molecular complexity index is 361. The molecule has 0 saturated heterocycles. The molecule has 0 fully saturated rings. The summed E-state index contributed by atoms with van der Waals surface area (Å²) >= 11 is 0. The standard InChI is InChI=1S/C12H20N2O2.ClH/c1-4-5-12(2,3)14-11(15)9-6-10(7-13)16-8-9;/h6,8H,4-5,7,13H2,1-3H3,(H,14,15);1H. The number of rotatable bonds is 5. The zero-order chi connectivity index (χ0) is 12.2. The minimum atomic E-state index is -0.189. The first-order valence-corrected chi connectivity index (χ1v) is 5.58. The lowest BCUT2D eigenvalue weighted by Gasteiger charge is -2.25. The van der Waals surface area contributed by atoms with Crippen LogP contribution in [0.1, 0.15) is 49.7 Å². The van der Waals surface area contributed by atoms with Crippen LogP contribution in [0.15, 0.2) is 16.7 Å². The fourth-order valence-corrected chi connectivity index (χ4v) is 1.67. The highest BCUT2D eigenvalue weighted by Gasteiger charge is 2.20. The van der Waals surface area contributed by atoms with Crippen molar-refractivity contribution in [1.82, 2.24) is 5.32 Å². The van der Waals surface area contributed by atoms with Gasteiger partial charge in [-0.25, -0.2) is 0 Å². The molecule has 0 aliphatic rings. The molecular formula is C12H21ClN2O2. The van der Waals surface area contributed by atoms with E-state index in [1.807, 2.05) is 13.8 Å². The molecule has 17 heavy (non-hydrogen) atoms. The zero-order valence-corrected chi connectivity index (χ0v) is 11.4. The summed E-state index contributed by atoms with van der Waals surface area (Å²) in [7, 11) is 0. The molecule has 0 saturated carbocycles. The largest absolute Gasteiger partial charge is 0.467 e. The SMILES string of the molecule is CCCC(C)(C)NC(=O)c1coc(CN)c1.Cl. The summed E-state index contributed by atoms with van der Waals surface area (Å²) in [5.74, 6) is 0.514. The summed E-state index contributed by atoms with van der Waals surface area (Å²) in [4.78, 5) is 11.9. The van der Waals surface area contributed by atoms with Crippen molar-refractivity contribution in [3.05, 3.63) is 23.7 Å². The topological polar surface area (TPSA) is 68.3 Å². The summed E-state index contributed by atoms with van der Waals surface area (Å²) in [6.07, 6.45) is 3.42. The van der Waals surface area contributed by atoms with E-state index in [4.69, 9.17) is 10.2 Å². The monoisotopic (exact) mass is 260 g/mol. The van der Waals surface area contributed by atoms with Gasteiger partial charge >= 0.3 is 0 Å². The summed E-state index contributed by atoms with van der Waals surface area (Å²) < 4.78 is 5.12. The predicted molar refractivity (Wildman–Crippen MR) is 70.3 cm³/mol. The Balaban J connectivity index is 0.00000256. The Morgan fingerprint density at radius 2 is 2.18 bits per heavy atom. The third-order valence-corrected chi connectivity index (χ3v) is 2.44. The number of hydrogen-bond donors (Lipinski definition) is 2. The molecule has 4 nitrogen and oxygen atoms in total.